The number of hydrogen-bond donors (Lipinski definition) is 1. The molecule has 2 aromatic rings. The first-order valence-electron chi connectivity index (χ1n) is 6.53. The number of nitrogens with zero attached hydrogens (tertiary/aromatic N) is 2. The number of carboxylic acids is 1. The molecule has 0 aliphatic carbocycles. The van der Waals surface area contributed by atoms with Gasteiger partial charge in [0.05, 0.1) is 18.7 Å². The Morgan fingerprint density at radius 3 is 2.81 bits per heavy atom. The van der Waals surface area contributed by atoms with Crippen LogP contribution in [0.15, 0.2) is 35.1 Å². The summed E-state index contributed by atoms with van der Waals surface area (Å²) in [6.45, 7) is 2.44. The molecule has 0 saturated carbocycles. The highest BCUT2D eigenvalue weighted by Crippen LogP contribution is 2.22. The number of rotatable bonds is 5. The molecule has 0 unspecified atom stereocenters. The van der Waals surface area contributed by atoms with Gasteiger partial charge in [-0.15, -0.1) is 0 Å². The number of aromatic nitrogens is 2. The van der Waals surface area contributed by atoms with Crippen LogP contribution in [0.3, 0.4) is 0 Å². The molecule has 6 heteroatoms. The number of carboxylic acid groups (broad SMARTS) is 1. The van der Waals surface area contributed by atoms with E-state index < -0.39 is 11.5 Å². The second-order valence-electron chi connectivity index (χ2n) is 4.51. The first kappa shape index (κ1) is 14.8. The molecule has 1 heterocycles. The number of carbonyl (C=O) groups is 1. The van der Waals surface area contributed by atoms with Gasteiger partial charge in [-0.1, -0.05) is 12.1 Å². The Kier molecular flexibility index (Phi) is 4.37. The van der Waals surface area contributed by atoms with Crippen molar-refractivity contribution in [1.29, 1.82) is 0 Å². The topological polar surface area (TPSA) is 81.4 Å². The molecule has 6 nitrogen and oxygen atoms in total. The van der Waals surface area contributed by atoms with Crippen molar-refractivity contribution < 1.29 is 14.6 Å². The molecule has 0 saturated heterocycles. The average molecular weight is 288 g/mol. The molecule has 0 aliphatic heterocycles. The molecule has 0 bridgehead atoms. The lowest BCUT2D eigenvalue weighted by atomic mass is 10.1. The summed E-state index contributed by atoms with van der Waals surface area (Å²) in [4.78, 5) is 22.7. The van der Waals surface area contributed by atoms with E-state index in [2.05, 4.69) is 5.10 Å². The fourth-order valence-electron chi connectivity index (χ4n) is 2.01. The third kappa shape index (κ3) is 3.47. The van der Waals surface area contributed by atoms with Crippen molar-refractivity contribution in [3.63, 3.8) is 0 Å². The molecule has 21 heavy (non-hydrogen) atoms. The zero-order valence-electron chi connectivity index (χ0n) is 11.9. The highest BCUT2D eigenvalue weighted by molar-refractivity contribution is 5.71. The van der Waals surface area contributed by atoms with E-state index in [0.29, 0.717) is 18.1 Å². The Morgan fingerprint density at radius 1 is 1.38 bits per heavy atom. The monoisotopic (exact) mass is 288 g/mol. The van der Waals surface area contributed by atoms with Crippen LogP contribution < -0.4 is 10.3 Å². The van der Waals surface area contributed by atoms with Crippen LogP contribution in [0.5, 0.6) is 5.75 Å². The summed E-state index contributed by atoms with van der Waals surface area (Å²) in [6.07, 6.45) is -0.326. The predicted molar refractivity (Wildman–Crippen MR) is 77.4 cm³/mol. The summed E-state index contributed by atoms with van der Waals surface area (Å²) in [5.41, 5.74) is 1.11. The van der Waals surface area contributed by atoms with Gasteiger partial charge in [-0.05, 0) is 25.1 Å². The maximum Gasteiger partial charge on any atom is 0.308 e. The van der Waals surface area contributed by atoms with Gasteiger partial charge in [0.2, 0.25) is 0 Å². The average Bonchev–Trinajstić information content (AvgIpc) is 2.44. The number of aryl methyl sites for hydroxylation is 1. The molecule has 0 radical (unpaired) electrons. The number of benzene rings is 1. The summed E-state index contributed by atoms with van der Waals surface area (Å²) in [5.74, 6) is -0.349. The van der Waals surface area contributed by atoms with E-state index in [4.69, 9.17) is 9.84 Å². The molecule has 2 rings (SSSR count). The van der Waals surface area contributed by atoms with Crippen molar-refractivity contribution in [3.8, 4) is 17.0 Å². The molecule has 1 aromatic heterocycles. The third-order valence-corrected chi connectivity index (χ3v) is 2.92. The van der Waals surface area contributed by atoms with Crippen LogP contribution in [0, 0.1) is 0 Å². The smallest absolute Gasteiger partial charge is 0.308 e. The van der Waals surface area contributed by atoms with E-state index in [1.807, 2.05) is 25.1 Å². The summed E-state index contributed by atoms with van der Waals surface area (Å²) in [5, 5.41) is 13.0. The SMILES string of the molecule is CCOc1cccc(-c2cc(CC(=O)O)c(=O)n(C)n2)c1. The summed E-state index contributed by atoms with van der Waals surface area (Å²) in [7, 11) is 1.50. The predicted octanol–water partition coefficient (Wildman–Crippen LogP) is 1.47. The molecular weight excluding hydrogens is 272 g/mol. The zero-order chi connectivity index (χ0) is 15.4. The van der Waals surface area contributed by atoms with E-state index in [0.717, 1.165) is 10.2 Å². The van der Waals surface area contributed by atoms with Crippen LogP contribution in [0.25, 0.3) is 11.3 Å². The third-order valence-electron chi connectivity index (χ3n) is 2.92. The van der Waals surface area contributed by atoms with E-state index in [1.54, 1.807) is 6.07 Å². The van der Waals surface area contributed by atoms with Gasteiger partial charge in [0.1, 0.15) is 5.75 Å². The molecule has 1 aromatic carbocycles. The van der Waals surface area contributed by atoms with Crippen molar-refractivity contribution in [2.24, 2.45) is 7.05 Å². The second-order valence-corrected chi connectivity index (χ2v) is 4.51. The van der Waals surface area contributed by atoms with Crippen LogP contribution in [0.4, 0.5) is 0 Å². The van der Waals surface area contributed by atoms with Gasteiger partial charge >= 0.3 is 5.97 Å². The van der Waals surface area contributed by atoms with Crippen LogP contribution >= 0.6 is 0 Å². The summed E-state index contributed by atoms with van der Waals surface area (Å²) < 4.78 is 6.58. The van der Waals surface area contributed by atoms with Crippen molar-refractivity contribution in [1.82, 2.24) is 9.78 Å². The van der Waals surface area contributed by atoms with Crippen LogP contribution in [-0.2, 0) is 18.3 Å². The Hall–Kier alpha value is -2.63. The van der Waals surface area contributed by atoms with Gasteiger partial charge < -0.3 is 9.84 Å². The van der Waals surface area contributed by atoms with Crippen molar-refractivity contribution in [2.75, 3.05) is 6.61 Å². The Morgan fingerprint density at radius 2 is 2.14 bits per heavy atom. The first-order valence-corrected chi connectivity index (χ1v) is 6.53. The number of aliphatic carboxylic acids is 1. The lowest BCUT2D eigenvalue weighted by Crippen LogP contribution is -2.25. The molecule has 1 N–H and O–H groups in total. The van der Waals surface area contributed by atoms with Crippen molar-refractivity contribution in [2.45, 2.75) is 13.3 Å². The minimum Gasteiger partial charge on any atom is -0.494 e. The standard InChI is InChI=1S/C15H16N2O4/c1-3-21-12-6-4-5-10(7-12)13-8-11(9-14(18)19)15(20)17(2)16-13/h4-8H,3,9H2,1-2H3,(H,18,19). The van der Waals surface area contributed by atoms with E-state index in [-0.39, 0.29) is 12.0 Å². The van der Waals surface area contributed by atoms with Crippen LogP contribution in [0.2, 0.25) is 0 Å². The Balaban J connectivity index is 2.48. The molecular formula is C15H16N2O4. The zero-order valence-corrected chi connectivity index (χ0v) is 11.9. The highest BCUT2D eigenvalue weighted by atomic mass is 16.5. The molecule has 110 valence electrons. The first-order chi connectivity index (χ1) is 10.0. The summed E-state index contributed by atoms with van der Waals surface area (Å²) in [6, 6.07) is 8.80. The lowest BCUT2D eigenvalue weighted by molar-refractivity contribution is -0.136. The quantitative estimate of drug-likeness (QED) is 0.901. The molecule has 0 fully saturated rings. The van der Waals surface area contributed by atoms with Crippen LogP contribution in [-0.4, -0.2) is 27.5 Å². The van der Waals surface area contributed by atoms with E-state index in [9.17, 15) is 9.59 Å². The molecule has 0 amide bonds. The second kappa shape index (κ2) is 6.21. The molecule has 0 aliphatic rings. The fraction of sp³-hybridized carbons (Fsp3) is 0.267. The summed E-state index contributed by atoms with van der Waals surface area (Å²) >= 11 is 0. The molecule has 0 spiro atoms. The van der Waals surface area contributed by atoms with E-state index >= 15 is 0 Å². The van der Waals surface area contributed by atoms with Gasteiger partial charge in [0, 0.05) is 18.2 Å². The maximum atomic E-state index is 11.9. The lowest BCUT2D eigenvalue weighted by Gasteiger charge is -2.08. The van der Waals surface area contributed by atoms with Crippen molar-refractivity contribution >= 4 is 5.97 Å². The number of hydrogen-bond acceptors (Lipinski definition) is 4. The normalized spacial score (nSPS) is 10.4. The fourth-order valence-corrected chi connectivity index (χ4v) is 2.01. The van der Waals surface area contributed by atoms with Crippen molar-refractivity contribution in [3.05, 3.63) is 46.2 Å². The molecule has 0 atom stereocenters. The number of ether oxygens (including phenoxy) is 1. The Labute approximate surface area is 121 Å². The largest absolute Gasteiger partial charge is 0.494 e. The van der Waals surface area contributed by atoms with Gasteiger partial charge in [0.15, 0.2) is 0 Å². The van der Waals surface area contributed by atoms with Gasteiger partial charge in [-0.2, -0.15) is 5.10 Å². The maximum absolute atomic E-state index is 11.9. The van der Waals surface area contributed by atoms with Crippen LogP contribution in [0.1, 0.15) is 12.5 Å². The van der Waals surface area contributed by atoms with Gasteiger partial charge in [-0.3, -0.25) is 9.59 Å². The Bertz CT molecular complexity index is 722. The highest BCUT2D eigenvalue weighted by Gasteiger charge is 2.11. The minimum atomic E-state index is -1.05. The van der Waals surface area contributed by atoms with E-state index in [1.165, 1.54) is 13.1 Å². The van der Waals surface area contributed by atoms with Gasteiger partial charge in [-0.25, -0.2) is 4.68 Å². The van der Waals surface area contributed by atoms with Gasteiger partial charge in [0.25, 0.3) is 5.56 Å². The minimum absolute atomic E-state index is 0.205.